The van der Waals surface area contributed by atoms with Gasteiger partial charge in [0.1, 0.15) is 0 Å². The molecule has 0 bridgehead atoms. The lowest BCUT2D eigenvalue weighted by molar-refractivity contribution is -0.132. The van der Waals surface area contributed by atoms with Crippen LogP contribution in [0.15, 0.2) is 24.3 Å². The molecule has 0 radical (unpaired) electrons. The van der Waals surface area contributed by atoms with Crippen molar-refractivity contribution in [2.75, 3.05) is 57.3 Å². The molecule has 0 saturated carbocycles. The van der Waals surface area contributed by atoms with Crippen LogP contribution in [0.3, 0.4) is 0 Å². The molecule has 2 aliphatic heterocycles. The number of nitrogens with zero attached hydrogens (tertiary/aromatic N) is 3. The van der Waals surface area contributed by atoms with E-state index in [9.17, 15) is 4.79 Å². The number of anilines is 1. The highest BCUT2D eigenvalue weighted by molar-refractivity contribution is 6.30. The Bertz CT molecular complexity index is 596. The van der Waals surface area contributed by atoms with Crippen molar-refractivity contribution in [3.8, 4) is 0 Å². The number of hydrogen-bond donors (Lipinski definition) is 1. The van der Waals surface area contributed by atoms with Gasteiger partial charge in [-0.1, -0.05) is 24.6 Å². The second kappa shape index (κ2) is 10.00. The van der Waals surface area contributed by atoms with Crippen LogP contribution in [0.2, 0.25) is 5.02 Å². The number of hydrogen-bond acceptors (Lipinski definition) is 4. The molecule has 2 heterocycles. The number of halogens is 3. The average molecular weight is 424 g/mol. The molecule has 148 valence electrons. The molecule has 0 aliphatic carbocycles. The van der Waals surface area contributed by atoms with Crippen molar-refractivity contribution in [2.45, 2.75) is 13.3 Å². The Balaban J connectivity index is 0.00000169. The van der Waals surface area contributed by atoms with Crippen molar-refractivity contribution in [2.24, 2.45) is 11.1 Å². The zero-order valence-electron chi connectivity index (χ0n) is 15.2. The fourth-order valence-corrected chi connectivity index (χ4v) is 3.79. The molecule has 3 rings (SSSR count). The summed E-state index contributed by atoms with van der Waals surface area (Å²) in [5.74, 6) is 0.238. The van der Waals surface area contributed by atoms with Crippen molar-refractivity contribution < 1.29 is 4.79 Å². The molecule has 2 fully saturated rings. The van der Waals surface area contributed by atoms with E-state index in [0.29, 0.717) is 13.1 Å². The molecule has 5 nitrogen and oxygen atoms in total. The third-order valence-electron chi connectivity index (χ3n) is 5.29. The van der Waals surface area contributed by atoms with Gasteiger partial charge >= 0.3 is 0 Å². The van der Waals surface area contributed by atoms with Crippen molar-refractivity contribution >= 4 is 48.0 Å². The second-order valence-corrected chi connectivity index (χ2v) is 7.76. The summed E-state index contributed by atoms with van der Waals surface area (Å²) in [6.07, 6.45) is 1.08. The van der Waals surface area contributed by atoms with E-state index in [4.69, 9.17) is 17.3 Å². The molecule has 26 heavy (non-hydrogen) atoms. The van der Waals surface area contributed by atoms with Gasteiger partial charge in [-0.3, -0.25) is 9.69 Å². The van der Waals surface area contributed by atoms with Gasteiger partial charge in [0, 0.05) is 43.4 Å². The van der Waals surface area contributed by atoms with Crippen LogP contribution >= 0.6 is 36.4 Å². The predicted octanol–water partition coefficient (Wildman–Crippen LogP) is 2.50. The van der Waals surface area contributed by atoms with E-state index in [1.807, 2.05) is 23.1 Å². The summed E-state index contributed by atoms with van der Waals surface area (Å²) in [6, 6.07) is 7.91. The molecule has 2 aliphatic rings. The maximum absolute atomic E-state index is 12.6. The Labute approximate surface area is 173 Å². The Kier molecular flexibility index (Phi) is 8.97. The van der Waals surface area contributed by atoms with Crippen LogP contribution in [0.25, 0.3) is 0 Å². The number of carbonyl (C=O) groups is 1. The Morgan fingerprint density at radius 2 is 1.88 bits per heavy atom. The standard InChI is InChI=1S/C18H27ClN4O.2ClH/c1-18(13-20)5-6-21(14-18)12-17(24)23-9-7-22(8-10-23)16-4-2-3-15(19)11-16;;/h2-4,11H,5-10,12-14,20H2,1H3;2*1H. The number of amides is 1. The summed E-state index contributed by atoms with van der Waals surface area (Å²) < 4.78 is 0. The molecular formula is C18H29Cl3N4O. The minimum atomic E-state index is 0. The Morgan fingerprint density at radius 1 is 1.19 bits per heavy atom. The Hall–Kier alpha value is -0.720. The van der Waals surface area contributed by atoms with Gasteiger partial charge in [0.15, 0.2) is 0 Å². The molecule has 2 saturated heterocycles. The fraction of sp³-hybridized carbons (Fsp3) is 0.611. The highest BCUT2D eigenvalue weighted by atomic mass is 35.5. The molecule has 1 unspecified atom stereocenters. The smallest absolute Gasteiger partial charge is 0.236 e. The van der Waals surface area contributed by atoms with Crippen LogP contribution in [-0.2, 0) is 4.79 Å². The summed E-state index contributed by atoms with van der Waals surface area (Å²) in [5, 5.41) is 0.753. The van der Waals surface area contributed by atoms with Crippen LogP contribution in [-0.4, -0.2) is 68.1 Å². The zero-order chi connectivity index (χ0) is 17.2. The predicted molar refractivity (Wildman–Crippen MR) is 113 cm³/mol. The minimum absolute atomic E-state index is 0. The van der Waals surface area contributed by atoms with Crippen LogP contribution in [0.5, 0.6) is 0 Å². The van der Waals surface area contributed by atoms with E-state index in [1.54, 1.807) is 0 Å². The molecule has 1 aromatic carbocycles. The number of benzene rings is 1. The lowest BCUT2D eigenvalue weighted by Gasteiger charge is -2.37. The minimum Gasteiger partial charge on any atom is -0.368 e. The van der Waals surface area contributed by atoms with Gasteiger partial charge in [-0.15, -0.1) is 24.8 Å². The summed E-state index contributed by atoms with van der Waals surface area (Å²) in [4.78, 5) is 19.1. The topological polar surface area (TPSA) is 52.8 Å². The first kappa shape index (κ1) is 23.3. The van der Waals surface area contributed by atoms with Crippen LogP contribution in [0.4, 0.5) is 5.69 Å². The first-order valence-electron chi connectivity index (χ1n) is 8.70. The summed E-state index contributed by atoms with van der Waals surface area (Å²) in [7, 11) is 0. The van der Waals surface area contributed by atoms with E-state index in [-0.39, 0.29) is 36.1 Å². The maximum atomic E-state index is 12.6. The zero-order valence-corrected chi connectivity index (χ0v) is 17.6. The number of carbonyl (C=O) groups excluding carboxylic acids is 1. The van der Waals surface area contributed by atoms with Gasteiger partial charge in [-0.2, -0.15) is 0 Å². The van der Waals surface area contributed by atoms with E-state index in [1.165, 1.54) is 0 Å². The van der Waals surface area contributed by atoms with Gasteiger partial charge in [-0.05, 0) is 43.1 Å². The first-order valence-corrected chi connectivity index (χ1v) is 9.08. The van der Waals surface area contributed by atoms with Gasteiger partial charge in [0.25, 0.3) is 0 Å². The van der Waals surface area contributed by atoms with Crippen molar-refractivity contribution in [1.82, 2.24) is 9.80 Å². The molecule has 1 aromatic rings. The van der Waals surface area contributed by atoms with E-state index in [2.05, 4.69) is 22.8 Å². The van der Waals surface area contributed by atoms with Crippen LogP contribution in [0.1, 0.15) is 13.3 Å². The first-order chi connectivity index (χ1) is 11.5. The largest absolute Gasteiger partial charge is 0.368 e. The number of rotatable bonds is 4. The second-order valence-electron chi connectivity index (χ2n) is 7.32. The third kappa shape index (κ3) is 5.64. The van der Waals surface area contributed by atoms with Gasteiger partial charge < -0.3 is 15.5 Å². The molecular weight excluding hydrogens is 395 g/mol. The maximum Gasteiger partial charge on any atom is 0.236 e. The molecule has 0 aromatic heterocycles. The number of piperazine rings is 1. The van der Waals surface area contributed by atoms with Crippen molar-refractivity contribution in [3.63, 3.8) is 0 Å². The molecule has 1 amide bonds. The quantitative estimate of drug-likeness (QED) is 0.808. The fourth-order valence-electron chi connectivity index (χ4n) is 3.61. The van der Waals surface area contributed by atoms with Crippen molar-refractivity contribution in [3.05, 3.63) is 29.3 Å². The average Bonchev–Trinajstić information content (AvgIpc) is 2.96. The highest BCUT2D eigenvalue weighted by Crippen LogP contribution is 2.28. The SMILES string of the molecule is CC1(CN)CCN(CC(=O)N2CCN(c3cccc(Cl)c3)CC2)C1.Cl.Cl. The van der Waals surface area contributed by atoms with Crippen LogP contribution < -0.4 is 10.6 Å². The van der Waals surface area contributed by atoms with E-state index in [0.717, 1.165) is 56.4 Å². The van der Waals surface area contributed by atoms with Gasteiger partial charge in [0.2, 0.25) is 5.91 Å². The van der Waals surface area contributed by atoms with E-state index < -0.39 is 0 Å². The lowest BCUT2D eigenvalue weighted by atomic mass is 9.90. The summed E-state index contributed by atoms with van der Waals surface area (Å²) in [6.45, 7) is 8.57. The number of likely N-dealkylation sites (tertiary alicyclic amines) is 1. The molecule has 8 heteroatoms. The summed E-state index contributed by atoms with van der Waals surface area (Å²) in [5.41, 5.74) is 7.15. The lowest BCUT2D eigenvalue weighted by Crippen LogP contribution is -2.51. The third-order valence-corrected chi connectivity index (χ3v) is 5.53. The van der Waals surface area contributed by atoms with Gasteiger partial charge in [0.05, 0.1) is 6.54 Å². The summed E-state index contributed by atoms with van der Waals surface area (Å²) >= 11 is 6.07. The monoisotopic (exact) mass is 422 g/mol. The van der Waals surface area contributed by atoms with E-state index >= 15 is 0 Å². The number of nitrogens with two attached hydrogens (primary N) is 1. The molecule has 2 N–H and O–H groups in total. The Morgan fingerprint density at radius 3 is 2.46 bits per heavy atom. The normalized spacial score (nSPS) is 23.3. The van der Waals surface area contributed by atoms with Crippen LogP contribution in [0, 0.1) is 5.41 Å². The molecule has 0 spiro atoms. The van der Waals surface area contributed by atoms with Gasteiger partial charge in [-0.25, -0.2) is 0 Å². The highest BCUT2D eigenvalue weighted by Gasteiger charge is 2.34. The molecule has 1 atom stereocenters. The van der Waals surface area contributed by atoms with Crippen molar-refractivity contribution in [1.29, 1.82) is 0 Å².